The van der Waals surface area contributed by atoms with Gasteiger partial charge in [-0.1, -0.05) is 72.8 Å². The van der Waals surface area contributed by atoms with Crippen LogP contribution in [-0.4, -0.2) is 67.6 Å². The molecule has 0 aliphatic carbocycles. The van der Waals surface area contributed by atoms with E-state index in [0.717, 1.165) is 16.0 Å². The summed E-state index contributed by atoms with van der Waals surface area (Å²) in [7, 11) is 0. The van der Waals surface area contributed by atoms with Crippen molar-refractivity contribution < 1.29 is 33.4 Å². The molecule has 3 aromatic carbocycles. The fraction of sp³-hybridized carbons (Fsp3) is 0.333. The highest BCUT2D eigenvalue weighted by atomic mass is 32.2. The first kappa shape index (κ1) is 32.6. The number of rotatable bonds is 13. The van der Waals surface area contributed by atoms with Crippen LogP contribution in [0.2, 0.25) is 0 Å². The predicted molar refractivity (Wildman–Crippen MR) is 167 cm³/mol. The number of esters is 2. The number of thioether (sulfide) groups is 1. The Morgan fingerprint density at radius 3 is 2.18 bits per heavy atom. The molecular weight excluding hydrogens is 582 g/mol. The Morgan fingerprint density at radius 1 is 0.864 bits per heavy atom. The number of para-hydroxylation sites is 1. The maximum Gasteiger partial charge on any atom is 0.407 e. The van der Waals surface area contributed by atoms with Crippen molar-refractivity contribution >= 4 is 41.4 Å². The van der Waals surface area contributed by atoms with Crippen molar-refractivity contribution in [1.82, 2.24) is 10.6 Å². The number of nitrogens with zero attached hydrogens (tertiary/aromatic N) is 1. The van der Waals surface area contributed by atoms with Crippen molar-refractivity contribution in [2.24, 2.45) is 0 Å². The Labute approximate surface area is 261 Å². The van der Waals surface area contributed by atoms with Crippen LogP contribution in [0.25, 0.3) is 0 Å². The number of nitrogens with one attached hydrogen (secondary N) is 2. The molecule has 44 heavy (non-hydrogen) atoms. The highest BCUT2D eigenvalue weighted by Gasteiger charge is 2.39. The van der Waals surface area contributed by atoms with Gasteiger partial charge in [-0.05, 0) is 43.5 Å². The Hall–Kier alpha value is -4.35. The molecule has 4 rings (SSSR count). The first-order chi connectivity index (χ1) is 21.4. The van der Waals surface area contributed by atoms with E-state index in [0.29, 0.717) is 5.69 Å². The second-order valence-electron chi connectivity index (χ2n) is 9.96. The van der Waals surface area contributed by atoms with Crippen LogP contribution < -0.4 is 15.5 Å². The number of benzene rings is 3. The topological polar surface area (TPSA) is 123 Å². The van der Waals surface area contributed by atoms with Crippen molar-refractivity contribution in [2.75, 3.05) is 30.4 Å². The molecule has 1 heterocycles. The molecule has 2 N–H and O–H groups in total. The summed E-state index contributed by atoms with van der Waals surface area (Å²) in [5.74, 6) is -1.32. The van der Waals surface area contributed by atoms with Gasteiger partial charge in [0.1, 0.15) is 19.2 Å². The van der Waals surface area contributed by atoms with Crippen LogP contribution >= 0.6 is 11.8 Å². The van der Waals surface area contributed by atoms with Crippen molar-refractivity contribution in [1.29, 1.82) is 0 Å². The second-order valence-corrected chi connectivity index (χ2v) is 11.0. The van der Waals surface area contributed by atoms with Crippen LogP contribution in [0.15, 0.2) is 89.8 Å². The van der Waals surface area contributed by atoms with Crippen LogP contribution in [0.3, 0.4) is 0 Å². The van der Waals surface area contributed by atoms with Gasteiger partial charge in [-0.2, -0.15) is 0 Å². The quantitative estimate of drug-likeness (QED) is 0.215. The minimum atomic E-state index is -1.13. The summed E-state index contributed by atoms with van der Waals surface area (Å²) in [5.41, 5.74) is 2.25. The molecule has 10 nitrogen and oxygen atoms in total. The standard InChI is InChI=1S/C33H37N3O7S/c1-3-41-29(37)20-36-27-17-11-12-18-28(27)44-22-26(31(36)38)34-30(32(39)42-4-2)25(19-23-13-7-5-8-14-23)35-33(40)43-21-24-15-9-6-10-16-24/h5-18,25-26,30,34H,3-4,19-22H2,1-2H3,(H,35,40). The molecule has 1 aliphatic heterocycles. The van der Waals surface area contributed by atoms with Crippen molar-refractivity contribution in [3.05, 3.63) is 96.1 Å². The third-order valence-corrected chi connectivity index (χ3v) is 8.01. The minimum Gasteiger partial charge on any atom is -0.465 e. The summed E-state index contributed by atoms with van der Waals surface area (Å²) >= 11 is 1.43. The highest BCUT2D eigenvalue weighted by Crippen LogP contribution is 2.34. The molecule has 0 radical (unpaired) electrons. The number of fused-ring (bicyclic) bond motifs is 1. The zero-order valence-electron chi connectivity index (χ0n) is 24.8. The molecule has 0 saturated carbocycles. The SMILES string of the molecule is CCOC(=O)CN1C(=O)C(NC(C(=O)OCC)C(Cc2ccccc2)NC(=O)OCc2ccccc2)CSc2ccccc21. The summed E-state index contributed by atoms with van der Waals surface area (Å²) in [5, 5.41) is 6.03. The largest absolute Gasteiger partial charge is 0.465 e. The van der Waals surface area contributed by atoms with E-state index in [9.17, 15) is 19.2 Å². The number of anilines is 1. The van der Waals surface area contributed by atoms with Gasteiger partial charge in [0.25, 0.3) is 0 Å². The van der Waals surface area contributed by atoms with Crippen LogP contribution in [-0.2, 0) is 41.6 Å². The van der Waals surface area contributed by atoms with E-state index >= 15 is 0 Å². The van der Waals surface area contributed by atoms with Crippen molar-refractivity contribution in [3.8, 4) is 0 Å². The summed E-state index contributed by atoms with van der Waals surface area (Å²) in [6.07, 6.45) is -0.470. The number of hydrogen-bond donors (Lipinski definition) is 2. The summed E-state index contributed by atoms with van der Waals surface area (Å²) < 4.78 is 16.1. The average molecular weight is 620 g/mol. The van der Waals surface area contributed by atoms with E-state index < -0.39 is 42.1 Å². The lowest BCUT2D eigenvalue weighted by atomic mass is 9.98. The molecule has 0 bridgehead atoms. The minimum absolute atomic E-state index is 0.0427. The van der Waals surface area contributed by atoms with Gasteiger partial charge in [-0.15, -0.1) is 11.8 Å². The summed E-state index contributed by atoms with van der Waals surface area (Å²) in [6, 6.07) is 23.0. The number of carbonyl (C=O) groups excluding carboxylic acids is 4. The number of carbonyl (C=O) groups is 4. The fourth-order valence-corrected chi connectivity index (χ4v) is 5.89. The molecule has 0 fully saturated rings. The van der Waals surface area contributed by atoms with Gasteiger partial charge in [-0.3, -0.25) is 24.6 Å². The lowest BCUT2D eigenvalue weighted by Crippen LogP contribution is -2.61. The van der Waals surface area contributed by atoms with E-state index in [1.807, 2.05) is 72.8 Å². The number of alkyl carbamates (subject to hydrolysis) is 1. The first-order valence-corrected chi connectivity index (χ1v) is 15.5. The van der Waals surface area contributed by atoms with Gasteiger partial charge >= 0.3 is 18.0 Å². The molecular formula is C33H37N3O7S. The molecule has 0 spiro atoms. The predicted octanol–water partition coefficient (Wildman–Crippen LogP) is 4.12. The molecule has 0 saturated heterocycles. The third kappa shape index (κ3) is 9.08. The Balaban J connectivity index is 1.61. The van der Waals surface area contributed by atoms with E-state index in [4.69, 9.17) is 14.2 Å². The van der Waals surface area contributed by atoms with E-state index in [1.54, 1.807) is 26.0 Å². The zero-order valence-corrected chi connectivity index (χ0v) is 25.6. The van der Waals surface area contributed by atoms with E-state index in [-0.39, 0.29) is 38.5 Å². The maximum atomic E-state index is 14.0. The number of amides is 2. The molecule has 11 heteroatoms. The first-order valence-electron chi connectivity index (χ1n) is 14.5. The van der Waals surface area contributed by atoms with Crippen molar-refractivity contribution in [2.45, 2.75) is 49.9 Å². The van der Waals surface area contributed by atoms with Crippen LogP contribution in [0, 0.1) is 0 Å². The molecule has 0 aromatic heterocycles. The Bertz CT molecular complexity index is 1410. The smallest absolute Gasteiger partial charge is 0.407 e. The number of hydrogen-bond acceptors (Lipinski definition) is 9. The molecule has 232 valence electrons. The van der Waals surface area contributed by atoms with Gasteiger partial charge in [0.15, 0.2) is 0 Å². The monoisotopic (exact) mass is 619 g/mol. The molecule has 1 aliphatic rings. The van der Waals surface area contributed by atoms with Gasteiger partial charge in [0, 0.05) is 10.6 Å². The lowest BCUT2D eigenvalue weighted by Gasteiger charge is -2.31. The molecule has 2 amide bonds. The van der Waals surface area contributed by atoms with Crippen LogP contribution in [0.5, 0.6) is 0 Å². The number of ether oxygens (including phenoxy) is 3. The van der Waals surface area contributed by atoms with E-state index in [1.165, 1.54) is 16.7 Å². The summed E-state index contributed by atoms with van der Waals surface area (Å²) in [6.45, 7) is 3.42. The highest BCUT2D eigenvalue weighted by molar-refractivity contribution is 7.99. The van der Waals surface area contributed by atoms with Gasteiger partial charge < -0.3 is 19.5 Å². The van der Waals surface area contributed by atoms with Gasteiger partial charge in [0.2, 0.25) is 5.91 Å². The zero-order chi connectivity index (χ0) is 31.3. The third-order valence-electron chi connectivity index (χ3n) is 6.86. The van der Waals surface area contributed by atoms with Crippen LogP contribution in [0.4, 0.5) is 10.5 Å². The fourth-order valence-electron chi connectivity index (χ4n) is 4.81. The Kier molecular flexibility index (Phi) is 12.2. The second kappa shape index (κ2) is 16.5. The normalized spacial score (nSPS) is 15.7. The van der Waals surface area contributed by atoms with Gasteiger partial charge in [0.05, 0.1) is 31.0 Å². The molecule has 3 aromatic rings. The van der Waals surface area contributed by atoms with Crippen LogP contribution in [0.1, 0.15) is 25.0 Å². The Morgan fingerprint density at radius 2 is 1.50 bits per heavy atom. The molecule has 3 atom stereocenters. The average Bonchev–Trinajstić information content (AvgIpc) is 3.16. The lowest BCUT2D eigenvalue weighted by molar-refractivity contribution is -0.147. The van der Waals surface area contributed by atoms with E-state index in [2.05, 4.69) is 10.6 Å². The van der Waals surface area contributed by atoms with Gasteiger partial charge in [-0.25, -0.2) is 4.79 Å². The molecule has 3 unspecified atom stereocenters. The van der Waals surface area contributed by atoms with Crippen molar-refractivity contribution in [3.63, 3.8) is 0 Å². The maximum absolute atomic E-state index is 14.0. The summed E-state index contributed by atoms with van der Waals surface area (Å²) in [4.78, 5) is 55.2.